The molecule has 8 aromatic rings. The Morgan fingerprint density at radius 3 is 2.25 bits per heavy atom. The van der Waals surface area contributed by atoms with Crippen LogP contribution in [0.15, 0.2) is 188 Å². The minimum atomic E-state index is 0.105. The van der Waals surface area contributed by atoms with E-state index in [1.807, 2.05) is 0 Å². The van der Waals surface area contributed by atoms with E-state index in [1.54, 1.807) is 0 Å². The Hall–Kier alpha value is -6.38. The molecule has 0 N–H and O–H groups in total. The number of aromatic nitrogens is 1. The van der Waals surface area contributed by atoms with E-state index in [0.717, 1.165) is 6.42 Å². The quantitative estimate of drug-likeness (QED) is 0.166. The normalized spacial score (nSPS) is 19.0. The summed E-state index contributed by atoms with van der Waals surface area (Å²) in [7, 11) is 0. The average Bonchev–Trinajstić information content (AvgIpc) is 3.73. The highest BCUT2D eigenvalue weighted by Crippen LogP contribution is 2.54. The molecule has 1 heterocycles. The van der Waals surface area contributed by atoms with Crippen molar-refractivity contribution in [2.75, 3.05) is 4.90 Å². The van der Waals surface area contributed by atoms with Crippen LogP contribution >= 0.6 is 0 Å². The van der Waals surface area contributed by atoms with Crippen molar-refractivity contribution in [2.45, 2.75) is 24.4 Å². The molecule has 0 saturated heterocycles. The van der Waals surface area contributed by atoms with E-state index in [2.05, 4.69) is 198 Å². The first kappa shape index (κ1) is 29.4. The molecule has 0 saturated carbocycles. The fourth-order valence-electron chi connectivity index (χ4n) is 9.47. The third-order valence-electron chi connectivity index (χ3n) is 11.6. The predicted molar refractivity (Wildman–Crippen MR) is 220 cm³/mol. The number of fused-ring (bicyclic) bond motifs is 8. The third-order valence-corrected chi connectivity index (χ3v) is 11.6. The fourth-order valence-corrected chi connectivity index (χ4v) is 9.47. The van der Waals surface area contributed by atoms with Crippen LogP contribution in [0, 0.1) is 0 Å². The van der Waals surface area contributed by atoms with Crippen molar-refractivity contribution in [2.24, 2.45) is 0 Å². The number of rotatable bonds is 5. The summed E-state index contributed by atoms with van der Waals surface area (Å²) < 4.78 is 2.44. The van der Waals surface area contributed by atoms with E-state index >= 15 is 0 Å². The largest absolute Gasteiger partial charge is 0.357 e. The van der Waals surface area contributed by atoms with Gasteiger partial charge in [-0.25, -0.2) is 0 Å². The van der Waals surface area contributed by atoms with Crippen molar-refractivity contribution in [3.05, 3.63) is 205 Å². The third kappa shape index (κ3) is 4.37. The molecule has 3 aliphatic rings. The fraction of sp³-hybridized carbons (Fsp3) is 0.0800. The van der Waals surface area contributed by atoms with E-state index in [1.165, 1.54) is 82.6 Å². The van der Waals surface area contributed by atoms with E-state index < -0.39 is 0 Å². The Morgan fingerprint density at radius 2 is 1.37 bits per heavy atom. The van der Waals surface area contributed by atoms with Gasteiger partial charge in [-0.3, -0.25) is 0 Å². The lowest BCUT2D eigenvalue weighted by Crippen LogP contribution is -2.45. The maximum atomic E-state index is 2.74. The predicted octanol–water partition coefficient (Wildman–Crippen LogP) is 12.4. The van der Waals surface area contributed by atoms with Crippen LogP contribution in [-0.4, -0.2) is 16.7 Å². The van der Waals surface area contributed by atoms with Crippen LogP contribution in [0.4, 0.5) is 5.69 Å². The lowest BCUT2D eigenvalue weighted by atomic mass is 9.82. The minimum absolute atomic E-state index is 0.105. The SMILES string of the molecule is C1=CC(N(c2ccc3c4ccccc4n(-c4ccccc4)c3c2)C2C=C(c3ccccc3)C=CC2)C2C(=C1)c1c3ccccc3cc3cccc2c13. The first-order valence-corrected chi connectivity index (χ1v) is 18.5. The van der Waals surface area contributed by atoms with Crippen molar-refractivity contribution in [1.82, 2.24) is 4.57 Å². The molecule has 1 aromatic heterocycles. The number of allylic oxidation sites excluding steroid dienone is 4. The van der Waals surface area contributed by atoms with Gasteiger partial charge in [0.05, 0.1) is 23.1 Å². The topological polar surface area (TPSA) is 8.17 Å². The molecule has 7 aromatic carbocycles. The van der Waals surface area contributed by atoms with Gasteiger partial charge >= 0.3 is 0 Å². The molecule has 0 radical (unpaired) electrons. The van der Waals surface area contributed by atoms with Gasteiger partial charge in [0.2, 0.25) is 0 Å². The van der Waals surface area contributed by atoms with Crippen LogP contribution in [0.3, 0.4) is 0 Å². The molecule has 0 aliphatic heterocycles. The Balaban J connectivity index is 1.14. The average molecular weight is 665 g/mol. The van der Waals surface area contributed by atoms with Crippen molar-refractivity contribution in [1.29, 1.82) is 0 Å². The second kappa shape index (κ2) is 11.6. The molecule has 3 atom stereocenters. The van der Waals surface area contributed by atoms with Gasteiger partial charge in [0.25, 0.3) is 0 Å². The first-order valence-electron chi connectivity index (χ1n) is 18.5. The summed E-state index contributed by atoms with van der Waals surface area (Å²) >= 11 is 0. The molecule has 0 spiro atoms. The van der Waals surface area contributed by atoms with E-state index in [-0.39, 0.29) is 18.0 Å². The summed E-state index contributed by atoms with van der Waals surface area (Å²) in [4.78, 5) is 2.74. The van der Waals surface area contributed by atoms with Crippen LogP contribution < -0.4 is 4.90 Å². The van der Waals surface area contributed by atoms with Crippen LogP contribution in [0.2, 0.25) is 0 Å². The molecule has 3 unspecified atom stereocenters. The van der Waals surface area contributed by atoms with Crippen molar-refractivity contribution >= 4 is 60.2 Å². The van der Waals surface area contributed by atoms with Crippen LogP contribution in [0.1, 0.15) is 29.0 Å². The standard InChI is InChI=1S/C50H36N2/c1-3-14-33(15-4-1)34-17-11-21-38(31-34)51(39-28-29-42-41-23-9-10-26-45(41)52(47(42)32-39)37-19-5-2-6-20-37)46-27-13-25-44-49(46)43-24-12-18-36-30-35-16-7-8-22-40(35)50(44)48(36)43/h1-20,22-32,38,46,49H,21H2. The van der Waals surface area contributed by atoms with E-state index in [9.17, 15) is 0 Å². The monoisotopic (exact) mass is 664 g/mol. The van der Waals surface area contributed by atoms with Crippen LogP contribution in [-0.2, 0) is 0 Å². The van der Waals surface area contributed by atoms with Crippen molar-refractivity contribution in [3.8, 4) is 5.69 Å². The number of hydrogen-bond acceptors (Lipinski definition) is 1. The molecule has 3 aliphatic carbocycles. The van der Waals surface area contributed by atoms with Crippen molar-refractivity contribution in [3.63, 3.8) is 0 Å². The Bertz CT molecular complexity index is 2830. The summed E-state index contributed by atoms with van der Waals surface area (Å²) in [6.07, 6.45) is 15.3. The lowest BCUT2D eigenvalue weighted by molar-refractivity contribution is 0.587. The highest BCUT2D eigenvalue weighted by Gasteiger charge is 2.41. The molecular formula is C50H36N2. The summed E-state index contributed by atoms with van der Waals surface area (Å²) in [5.74, 6) is 0.199. The molecule has 2 nitrogen and oxygen atoms in total. The van der Waals surface area contributed by atoms with E-state index in [0.29, 0.717) is 0 Å². The number of benzene rings is 7. The number of nitrogens with zero attached hydrogens (tertiary/aromatic N) is 2. The van der Waals surface area contributed by atoms with Gasteiger partial charge in [0, 0.05) is 28.1 Å². The number of hydrogen-bond donors (Lipinski definition) is 0. The van der Waals surface area contributed by atoms with Gasteiger partial charge in [-0.15, -0.1) is 0 Å². The maximum absolute atomic E-state index is 2.74. The number of para-hydroxylation sites is 2. The Labute approximate surface area is 303 Å². The molecule has 2 heteroatoms. The Morgan fingerprint density at radius 1 is 0.615 bits per heavy atom. The van der Waals surface area contributed by atoms with Crippen LogP contribution in [0.25, 0.3) is 60.2 Å². The summed E-state index contributed by atoms with van der Waals surface area (Å²) in [5.41, 5.74) is 11.7. The maximum Gasteiger partial charge on any atom is 0.0592 e. The molecular weight excluding hydrogens is 629 g/mol. The lowest BCUT2D eigenvalue weighted by Gasteiger charge is -2.43. The van der Waals surface area contributed by atoms with Gasteiger partial charge in [-0.1, -0.05) is 152 Å². The zero-order valence-electron chi connectivity index (χ0n) is 28.7. The van der Waals surface area contributed by atoms with Gasteiger partial charge in [-0.2, -0.15) is 0 Å². The molecule has 246 valence electrons. The molecule has 52 heavy (non-hydrogen) atoms. The second-order valence-corrected chi connectivity index (χ2v) is 14.4. The first-order chi connectivity index (χ1) is 25.8. The Kier molecular flexibility index (Phi) is 6.54. The minimum Gasteiger partial charge on any atom is -0.357 e. The zero-order chi connectivity index (χ0) is 34.2. The second-order valence-electron chi connectivity index (χ2n) is 14.4. The summed E-state index contributed by atoms with van der Waals surface area (Å²) in [6, 6.07) is 56.2. The van der Waals surface area contributed by atoms with E-state index in [4.69, 9.17) is 0 Å². The molecule has 0 amide bonds. The highest BCUT2D eigenvalue weighted by molar-refractivity contribution is 6.15. The molecule has 11 rings (SSSR count). The number of anilines is 1. The van der Waals surface area contributed by atoms with Gasteiger partial charge in [0.15, 0.2) is 0 Å². The van der Waals surface area contributed by atoms with Gasteiger partial charge in [0.1, 0.15) is 0 Å². The summed E-state index contributed by atoms with van der Waals surface area (Å²) in [5, 5.41) is 7.94. The van der Waals surface area contributed by atoms with Gasteiger partial charge < -0.3 is 9.47 Å². The zero-order valence-corrected chi connectivity index (χ0v) is 28.7. The van der Waals surface area contributed by atoms with Crippen molar-refractivity contribution < 1.29 is 0 Å². The highest BCUT2D eigenvalue weighted by atomic mass is 15.2. The van der Waals surface area contributed by atoms with Crippen LogP contribution in [0.5, 0.6) is 0 Å². The van der Waals surface area contributed by atoms with Gasteiger partial charge in [-0.05, 0) is 92.2 Å². The molecule has 0 bridgehead atoms. The molecule has 0 fully saturated rings. The smallest absolute Gasteiger partial charge is 0.0592 e. The summed E-state index contributed by atoms with van der Waals surface area (Å²) in [6.45, 7) is 0.